The maximum atomic E-state index is 12.5. The highest BCUT2D eigenvalue weighted by Crippen LogP contribution is 2.14. The number of benzene rings is 2. The Balaban J connectivity index is 2.02. The van der Waals surface area contributed by atoms with E-state index >= 15 is 0 Å². The number of nitrogens with zero attached hydrogens (tertiary/aromatic N) is 1. The summed E-state index contributed by atoms with van der Waals surface area (Å²) in [6, 6.07) is 17.1. The first-order chi connectivity index (χ1) is 13.0. The summed E-state index contributed by atoms with van der Waals surface area (Å²) in [6.07, 6.45) is -0.486. The molecule has 1 N–H and O–H groups in total. The Hall–Kier alpha value is -3.33. The zero-order valence-corrected chi connectivity index (χ0v) is 15.3. The fraction of sp³-hybridized carbons (Fsp3) is 0.286. The first kappa shape index (κ1) is 20.0. The fourth-order valence-corrected chi connectivity index (χ4v) is 2.44. The van der Waals surface area contributed by atoms with Gasteiger partial charge in [0.1, 0.15) is 11.8 Å². The van der Waals surface area contributed by atoms with Crippen molar-refractivity contribution < 1.29 is 19.1 Å². The zero-order valence-electron chi connectivity index (χ0n) is 15.3. The van der Waals surface area contributed by atoms with Crippen LogP contribution in [0.2, 0.25) is 0 Å². The van der Waals surface area contributed by atoms with E-state index in [0.717, 1.165) is 5.56 Å². The van der Waals surface area contributed by atoms with Gasteiger partial charge in [0.05, 0.1) is 18.2 Å². The lowest BCUT2D eigenvalue weighted by Gasteiger charge is -2.20. The Morgan fingerprint density at radius 1 is 1.11 bits per heavy atom. The minimum absolute atomic E-state index is 0.233. The number of hydrogen-bond donors (Lipinski definition) is 1. The number of hydrogen-bond acceptors (Lipinski definition) is 5. The Labute approximate surface area is 158 Å². The Bertz CT molecular complexity index is 797. The topological polar surface area (TPSA) is 88.4 Å². The molecule has 2 aromatic carbocycles. The normalized spacial score (nSPS) is 12.3. The summed E-state index contributed by atoms with van der Waals surface area (Å²) in [4.78, 5) is 24.7. The van der Waals surface area contributed by atoms with Gasteiger partial charge < -0.3 is 14.8 Å². The van der Waals surface area contributed by atoms with Gasteiger partial charge in [-0.2, -0.15) is 5.26 Å². The van der Waals surface area contributed by atoms with E-state index in [2.05, 4.69) is 5.32 Å². The predicted molar refractivity (Wildman–Crippen MR) is 100.0 cm³/mol. The summed E-state index contributed by atoms with van der Waals surface area (Å²) in [5.41, 5.74) is 1.42. The van der Waals surface area contributed by atoms with Gasteiger partial charge in [-0.3, -0.25) is 4.79 Å². The van der Waals surface area contributed by atoms with Gasteiger partial charge in [0.25, 0.3) is 5.91 Å². The van der Waals surface area contributed by atoms with Crippen molar-refractivity contribution in [2.45, 2.75) is 32.4 Å². The molecule has 140 valence electrons. The quantitative estimate of drug-likeness (QED) is 0.726. The van der Waals surface area contributed by atoms with E-state index in [4.69, 9.17) is 14.7 Å². The van der Waals surface area contributed by atoms with Crippen LogP contribution in [-0.4, -0.2) is 30.6 Å². The lowest BCUT2D eigenvalue weighted by Crippen LogP contribution is -2.48. The van der Waals surface area contributed by atoms with E-state index in [9.17, 15) is 9.59 Å². The molecule has 0 bridgehead atoms. The van der Waals surface area contributed by atoms with Crippen molar-refractivity contribution in [2.24, 2.45) is 0 Å². The van der Waals surface area contributed by atoms with Crippen LogP contribution in [0.3, 0.4) is 0 Å². The average molecular weight is 366 g/mol. The van der Waals surface area contributed by atoms with Gasteiger partial charge in [0.15, 0.2) is 6.10 Å². The number of ether oxygens (including phenoxy) is 2. The minimum atomic E-state index is -0.814. The van der Waals surface area contributed by atoms with Crippen molar-refractivity contribution in [3.8, 4) is 11.8 Å². The van der Waals surface area contributed by atoms with Crippen molar-refractivity contribution in [1.82, 2.24) is 5.32 Å². The lowest BCUT2D eigenvalue weighted by molar-refractivity contribution is -0.148. The molecule has 2 atom stereocenters. The van der Waals surface area contributed by atoms with Crippen LogP contribution in [0.15, 0.2) is 54.6 Å². The van der Waals surface area contributed by atoms with E-state index in [-0.39, 0.29) is 6.61 Å². The second kappa shape index (κ2) is 9.97. The third kappa shape index (κ3) is 6.15. The van der Waals surface area contributed by atoms with Crippen LogP contribution in [0.5, 0.6) is 5.75 Å². The smallest absolute Gasteiger partial charge is 0.328 e. The Morgan fingerprint density at radius 3 is 2.37 bits per heavy atom. The van der Waals surface area contributed by atoms with Gasteiger partial charge in [-0.1, -0.05) is 30.3 Å². The molecular weight excluding hydrogens is 344 g/mol. The second-order valence-corrected chi connectivity index (χ2v) is 5.90. The van der Waals surface area contributed by atoms with E-state index in [1.807, 2.05) is 36.4 Å². The molecule has 0 aliphatic carbocycles. The molecule has 0 radical (unpaired) electrons. The summed E-state index contributed by atoms with van der Waals surface area (Å²) in [6.45, 7) is 3.55. The molecule has 0 saturated carbocycles. The maximum absolute atomic E-state index is 12.5. The van der Waals surface area contributed by atoms with Crippen LogP contribution in [0, 0.1) is 11.3 Å². The Kier molecular flexibility index (Phi) is 7.38. The number of carbonyl (C=O) groups is 2. The monoisotopic (exact) mass is 366 g/mol. The van der Waals surface area contributed by atoms with Crippen LogP contribution < -0.4 is 10.1 Å². The molecule has 2 aromatic rings. The van der Waals surface area contributed by atoms with Gasteiger partial charge >= 0.3 is 5.97 Å². The van der Waals surface area contributed by atoms with E-state index in [0.29, 0.717) is 17.7 Å². The summed E-state index contributed by atoms with van der Waals surface area (Å²) < 4.78 is 10.7. The molecule has 27 heavy (non-hydrogen) atoms. The highest BCUT2D eigenvalue weighted by molar-refractivity contribution is 5.87. The molecular formula is C21H22N2O4. The van der Waals surface area contributed by atoms with Crippen LogP contribution in [0.25, 0.3) is 0 Å². The summed E-state index contributed by atoms with van der Waals surface area (Å²) in [5.74, 6) is -0.444. The maximum Gasteiger partial charge on any atom is 0.328 e. The summed E-state index contributed by atoms with van der Waals surface area (Å²) >= 11 is 0. The number of carbonyl (C=O) groups excluding carboxylic acids is 2. The van der Waals surface area contributed by atoms with Crippen molar-refractivity contribution in [3.63, 3.8) is 0 Å². The molecule has 0 heterocycles. The first-order valence-electron chi connectivity index (χ1n) is 8.71. The number of nitrogens with one attached hydrogen (secondary N) is 1. The van der Waals surface area contributed by atoms with Gasteiger partial charge in [-0.15, -0.1) is 0 Å². The summed E-state index contributed by atoms with van der Waals surface area (Å²) in [5, 5.41) is 11.5. The second-order valence-electron chi connectivity index (χ2n) is 5.90. The largest absolute Gasteiger partial charge is 0.481 e. The molecule has 0 aromatic heterocycles. The molecule has 2 unspecified atom stereocenters. The van der Waals surface area contributed by atoms with Gasteiger partial charge in [0, 0.05) is 6.42 Å². The average Bonchev–Trinajstić information content (AvgIpc) is 2.69. The van der Waals surface area contributed by atoms with Crippen LogP contribution in [0.1, 0.15) is 25.0 Å². The van der Waals surface area contributed by atoms with Crippen molar-refractivity contribution >= 4 is 11.9 Å². The molecule has 2 rings (SSSR count). The minimum Gasteiger partial charge on any atom is -0.481 e. The van der Waals surface area contributed by atoms with Crippen molar-refractivity contribution in [2.75, 3.05) is 6.61 Å². The van der Waals surface area contributed by atoms with E-state index in [1.54, 1.807) is 38.1 Å². The number of esters is 1. The Morgan fingerprint density at radius 2 is 1.78 bits per heavy atom. The fourth-order valence-electron chi connectivity index (χ4n) is 2.44. The van der Waals surface area contributed by atoms with Crippen LogP contribution in [0.4, 0.5) is 0 Å². The number of nitriles is 1. The highest BCUT2D eigenvalue weighted by atomic mass is 16.5. The number of amides is 1. The molecule has 1 amide bonds. The molecule has 0 saturated heterocycles. The van der Waals surface area contributed by atoms with Crippen LogP contribution >= 0.6 is 0 Å². The van der Waals surface area contributed by atoms with Gasteiger partial charge in [-0.05, 0) is 43.7 Å². The van der Waals surface area contributed by atoms with Gasteiger partial charge in [0.2, 0.25) is 0 Å². The third-order valence-corrected chi connectivity index (χ3v) is 3.84. The van der Waals surface area contributed by atoms with E-state index in [1.165, 1.54) is 0 Å². The molecule has 0 fully saturated rings. The molecule has 0 aliphatic rings. The first-order valence-corrected chi connectivity index (χ1v) is 8.71. The standard InChI is InChI=1S/C21H22N2O4/c1-3-26-21(25)19(13-16-7-5-4-6-8-16)23-20(24)15(2)27-18-11-9-17(14-22)10-12-18/h4-12,15,19H,3,13H2,1-2H3,(H,23,24). The van der Waals surface area contributed by atoms with Gasteiger partial charge in [-0.25, -0.2) is 4.79 Å². The zero-order chi connectivity index (χ0) is 19.6. The summed E-state index contributed by atoms with van der Waals surface area (Å²) in [7, 11) is 0. The van der Waals surface area contributed by atoms with Crippen molar-refractivity contribution in [3.05, 3.63) is 65.7 Å². The number of rotatable bonds is 8. The van der Waals surface area contributed by atoms with Crippen molar-refractivity contribution in [1.29, 1.82) is 5.26 Å². The molecule has 6 nitrogen and oxygen atoms in total. The molecule has 0 aliphatic heterocycles. The van der Waals surface area contributed by atoms with E-state index < -0.39 is 24.0 Å². The third-order valence-electron chi connectivity index (χ3n) is 3.84. The lowest BCUT2D eigenvalue weighted by atomic mass is 10.1. The SMILES string of the molecule is CCOC(=O)C(Cc1ccccc1)NC(=O)C(C)Oc1ccc(C#N)cc1. The molecule has 0 spiro atoms. The van der Waals surface area contributed by atoms with Crippen LogP contribution in [-0.2, 0) is 20.7 Å². The molecule has 6 heteroatoms. The predicted octanol–water partition coefficient (Wildman–Crippen LogP) is 2.62. The highest BCUT2D eigenvalue weighted by Gasteiger charge is 2.25.